The van der Waals surface area contributed by atoms with Gasteiger partial charge in [0, 0.05) is 20.3 Å². The molecule has 0 saturated heterocycles. The minimum atomic E-state index is -0.355. The summed E-state index contributed by atoms with van der Waals surface area (Å²) in [7, 11) is 0. The van der Waals surface area contributed by atoms with E-state index in [0.717, 1.165) is 5.57 Å². The number of carbonyl (C=O) groups excluding carboxylic acids is 2. The molecular formula is C9H14O4. The SMILES string of the molecule is CC(=O)O/C=C(/C)CCOC(C)=O. The van der Waals surface area contributed by atoms with Gasteiger partial charge in [-0.25, -0.2) is 0 Å². The third kappa shape index (κ3) is 8.59. The quantitative estimate of drug-likeness (QED) is 0.492. The number of rotatable bonds is 4. The van der Waals surface area contributed by atoms with Crippen molar-refractivity contribution in [1.82, 2.24) is 0 Å². The van der Waals surface area contributed by atoms with Crippen LogP contribution in [0.4, 0.5) is 0 Å². The van der Waals surface area contributed by atoms with E-state index in [2.05, 4.69) is 4.74 Å². The molecule has 0 radical (unpaired) electrons. The predicted molar refractivity (Wildman–Crippen MR) is 46.8 cm³/mol. The zero-order valence-electron chi connectivity index (χ0n) is 8.12. The normalized spacial score (nSPS) is 10.8. The second-order valence-electron chi connectivity index (χ2n) is 2.66. The minimum Gasteiger partial charge on any atom is -0.466 e. The Morgan fingerprint density at radius 1 is 1.15 bits per heavy atom. The van der Waals surface area contributed by atoms with Gasteiger partial charge in [-0.15, -0.1) is 0 Å². The van der Waals surface area contributed by atoms with E-state index in [1.165, 1.54) is 20.1 Å². The third-order valence-electron chi connectivity index (χ3n) is 1.23. The van der Waals surface area contributed by atoms with E-state index in [4.69, 9.17) is 4.74 Å². The summed E-state index contributed by atoms with van der Waals surface area (Å²) in [6.45, 7) is 4.80. The summed E-state index contributed by atoms with van der Waals surface area (Å²) in [6.07, 6.45) is 1.94. The first kappa shape index (κ1) is 11.7. The Bertz CT molecular complexity index is 218. The van der Waals surface area contributed by atoms with Crippen LogP contribution in [-0.4, -0.2) is 18.5 Å². The maximum Gasteiger partial charge on any atom is 0.307 e. The topological polar surface area (TPSA) is 52.6 Å². The van der Waals surface area contributed by atoms with Crippen LogP contribution in [0.2, 0.25) is 0 Å². The van der Waals surface area contributed by atoms with Gasteiger partial charge in [-0.2, -0.15) is 0 Å². The first-order valence-corrected chi connectivity index (χ1v) is 3.98. The van der Waals surface area contributed by atoms with Gasteiger partial charge < -0.3 is 9.47 Å². The lowest BCUT2D eigenvalue weighted by atomic mass is 10.2. The van der Waals surface area contributed by atoms with E-state index in [1.807, 2.05) is 0 Å². The van der Waals surface area contributed by atoms with Crippen LogP contribution in [0.1, 0.15) is 27.2 Å². The van der Waals surface area contributed by atoms with Gasteiger partial charge in [0.05, 0.1) is 12.9 Å². The summed E-state index contributed by atoms with van der Waals surface area (Å²) in [5, 5.41) is 0. The molecule has 0 spiro atoms. The van der Waals surface area contributed by atoms with E-state index in [-0.39, 0.29) is 11.9 Å². The van der Waals surface area contributed by atoms with Gasteiger partial charge >= 0.3 is 11.9 Å². The number of hydrogen-bond acceptors (Lipinski definition) is 4. The molecule has 4 nitrogen and oxygen atoms in total. The maximum absolute atomic E-state index is 10.4. The first-order chi connectivity index (χ1) is 6.02. The summed E-state index contributed by atoms with van der Waals surface area (Å²) in [5.41, 5.74) is 0.858. The highest BCUT2D eigenvalue weighted by molar-refractivity contribution is 5.66. The van der Waals surface area contributed by atoms with E-state index >= 15 is 0 Å². The number of carbonyl (C=O) groups is 2. The summed E-state index contributed by atoms with van der Waals surface area (Å²) >= 11 is 0. The largest absolute Gasteiger partial charge is 0.466 e. The summed E-state index contributed by atoms with van der Waals surface area (Å²) in [5.74, 6) is -0.660. The van der Waals surface area contributed by atoms with E-state index < -0.39 is 0 Å². The van der Waals surface area contributed by atoms with E-state index in [0.29, 0.717) is 13.0 Å². The van der Waals surface area contributed by atoms with Gasteiger partial charge in [-0.3, -0.25) is 9.59 Å². The molecule has 0 unspecified atom stereocenters. The molecule has 4 heteroatoms. The lowest BCUT2D eigenvalue weighted by Gasteiger charge is -2.01. The molecule has 13 heavy (non-hydrogen) atoms. The van der Waals surface area contributed by atoms with Crippen molar-refractivity contribution < 1.29 is 19.1 Å². The lowest BCUT2D eigenvalue weighted by molar-refractivity contribution is -0.141. The average molecular weight is 186 g/mol. The molecule has 0 heterocycles. The van der Waals surface area contributed by atoms with E-state index in [9.17, 15) is 9.59 Å². The molecule has 0 aliphatic heterocycles. The van der Waals surface area contributed by atoms with Crippen LogP contribution in [0.25, 0.3) is 0 Å². The monoisotopic (exact) mass is 186 g/mol. The van der Waals surface area contributed by atoms with Gasteiger partial charge in [0.2, 0.25) is 0 Å². The fourth-order valence-electron chi connectivity index (χ4n) is 0.598. The molecule has 0 atom stereocenters. The molecule has 0 aliphatic rings. The van der Waals surface area contributed by atoms with Crippen LogP contribution in [0, 0.1) is 0 Å². The van der Waals surface area contributed by atoms with Crippen molar-refractivity contribution in [1.29, 1.82) is 0 Å². The van der Waals surface area contributed by atoms with Crippen molar-refractivity contribution in [3.05, 3.63) is 11.8 Å². The van der Waals surface area contributed by atoms with E-state index in [1.54, 1.807) is 6.92 Å². The minimum absolute atomic E-state index is 0.305. The molecule has 0 aliphatic carbocycles. The highest BCUT2D eigenvalue weighted by atomic mass is 16.5. The number of ether oxygens (including phenoxy) is 2. The molecule has 0 bridgehead atoms. The Morgan fingerprint density at radius 2 is 1.77 bits per heavy atom. The maximum atomic E-state index is 10.4. The molecule has 0 aromatic carbocycles. The van der Waals surface area contributed by atoms with Crippen LogP contribution >= 0.6 is 0 Å². The van der Waals surface area contributed by atoms with Gasteiger partial charge in [0.25, 0.3) is 0 Å². The highest BCUT2D eigenvalue weighted by Gasteiger charge is 1.95. The molecule has 0 rings (SSSR count). The Kier molecular flexibility index (Phi) is 5.59. The van der Waals surface area contributed by atoms with Crippen LogP contribution in [-0.2, 0) is 19.1 Å². The standard InChI is InChI=1S/C9H14O4/c1-7(6-13-9(3)11)4-5-12-8(2)10/h6H,4-5H2,1-3H3/b7-6-. The van der Waals surface area contributed by atoms with Crippen LogP contribution in [0.3, 0.4) is 0 Å². The summed E-state index contributed by atoms with van der Waals surface area (Å²) < 4.78 is 9.32. The smallest absolute Gasteiger partial charge is 0.307 e. The average Bonchev–Trinajstić information content (AvgIpc) is 2.00. The molecule has 0 fully saturated rings. The van der Waals surface area contributed by atoms with Gasteiger partial charge in [-0.1, -0.05) is 0 Å². The van der Waals surface area contributed by atoms with Gasteiger partial charge in [-0.05, 0) is 12.5 Å². The van der Waals surface area contributed by atoms with Crippen LogP contribution < -0.4 is 0 Å². The van der Waals surface area contributed by atoms with Crippen LogP contribution in [0.15, 0.2) is 11.8 Å². The van der Waals surface area contributed by atoms with Gasteiger partial charge in [0.15, 0.2) is 0 Å². The fourth-order valence-corrected chi connectivity index (χ4v) is 0.598. The fraction of sp³-hybridized carbons (Fsp3) is 0.556. The molecule has 0 N–H and O–H groups in total. The molecule has 74 valence electrons. The second kappa shape index (κ2) is 6.22. The molecule has 0 amide bonds. The van der Waals surface area contributed by atoms with Crippen molar-refractivity contribution in [3.63, 3.8) is 0 Å². The zero-order chi connectivity index (χ0) is 10.3. The Hall–Kier alpha value is -1.32. The number of esters is 2. The Morgan fingerprint density at radius 3 is 2.23 bits per heavy atom. The molecule has 0 aromatic heterocycles. The van der Waals surface area contributed by atoms with Crippen molar-refractivity contribution >= 4 is 11.9 Å². The van der Waals surface area contributed by atoms with Crippen molar-refractivity contribution in [2.45, 2.75) is 27.2 Å². The second-order valence-corrected chi connectivity index (χ2v) is 2.66. The molecule has 0 aromatic rings. The number of hydrogen-bond donors (Lipinski definition) is 0. The van der Waals surface area contributed by atoms with Crippen molar-refractivity contribution in [2.24, 2.45) is 0 Å². The Balaban J connectivity index is 3.61. The van der Waals surface area contributed by atoms with Crippen molar-refractivity contribution in [3.8, 4) is 0 Å². The summed E-state index contributed by atoms with van der Waals surface area (Å²) in [4.78, 5) is 20.7. The van der Waals surface area contributed by atoms with Gasteiger partial charge in [0.1, 0.15) is 0 Å². The Labute approximate surface area is 77.5 Å². The third-order valence-corrected chi connectivity index (χ3v) is 1.23. The zero-order valence-corrected chi connectivity index (χ0v) is 8.12. The van der Waals surface area contributed by atoms with Crippen molar-refractivity contribution in [2.75, 3.05) is 6.61 Å². The highest BCUT2D eigenvalue weighted by Crippen LogP contribution is 2.00. The van der Waals surface area contributed by atoms with Crippen LogP contribution in [0.5, 0.6) is 0 Å². The first-order valence-electron chi connectivity index (χ1n) is 3.98. The molecule has 0 saturated carbocycles. The predicted octanol–water partition coefficient (Wildman–Crippen LogP) is 1.41. The summed E-state index contributed by atoms with van der Waals surface area (Å²) in [6, 6.07) is 0. The lowest BCUT2D eigenvalue weighted by Crippen LogP contribution is -2.01. The molecular weight excluding hydrogens is 172 g/mol.